The summed E-state index contributed by atoms with van der Waals surface area (Å²) < 4.78 is 1.97. The van der Waals surface area contributed by atoms with Crippen molar-refractivity contribution < 1.29 is 9.90 Å². The number of carbonyl (C=O) groups excluding carboxylic acids is 1. The van der Waals surface area contributed by atoms with E-state index >= 15 is 0 Å². The maximum absolute atomic E-state index is 11.6. The molecule has 0 saturated heterocycles. The highest BCUT2D eigenvalue weighted by molar-refractivity contribution is 5.91. The topological polar surface area (TPSA) is 67.2 Å². The number of nitrogens with zero attached hydrogens (tertiary/aromatic N) is 2. The number of nitrogens with one attached hydrogen (secondary N) is 1. The van der Waals surface area contributed by atoms with Crippen LogP contribution in [0.5, 0.6) is 5.75 Å². The van der Waals surface area contributed by atoms with E-state index in [0.717, 1.165) is 18.5 Å². The Kier molecular flexibility index (Phi) is 4.94. The van der Waals surface area contributed by atoms with Gasteiger partial charge >= 0.3 is 0 Å². The molecule has 0 saturated carbocycles. The van der Waals surface area contributed by atoms with E-state index in [9.17, 15) is 4.79 Å². The van der Waals surface area contributed by atoms with Gasteiger partial charge in [0.05, 0.1) is 6.33 Å². The summed E-state index contributed by atoms with van der Waals surface area (Å²) in [6.07, 6.45) is 9.45. The molecule has 5 nitrogen and oxygen atoms in total. The van der Waals surface area contributed by atoms with Crippen molar-refractivity contribution in [3.8, 4) is 5.75 Å². The first kappa shape index (κ1) is 13.9. The van der Waals surface area contributed by atoms with Crippen molar-refractivity contribution in [2.45, 2.75) is 13.0 Å². The Morgan fingerprint density at radius 3 is 2.85 bits per heavy atom. The van der Waals surface area contributed by atoms with Crippen molar-refractivity contribution in [2.75, 3.05) is 6.54 Å². The van der Waals surface area contributed by atoms with Crippen LogP contribution in [0.2, 0.25) is 0 Å². The lowest BCUT2D eigenvalue weighted by Gasteiger charge is -2.03. The third-order valence-corrected chi connectivity index (χ3v) is 2.77. The zero-order valence-corrected chi connectivity index (χ0v) is 11.1. The summed E-state index contributed by atoms with van der Waals surface area (Å²) in [5.41, 5.74) is 0.872. The normalized spacial score (nSPS) is 10.8. The van der Waals surface area contributed by atoms with E-state index in [1.807, 2.05) is 10.8 Å². The van der Waals surface area contributed by atoms with Gasteiger partial charge < -0.3 is 15.0 Å². The van der Waals surface area contributed by atoms with E-state index in [0.29, 0.717) is 6.54 Å². The molecule has 0 spiro atoms. The summed E-state index contributed by atoms with van der Waals surface area (Å²) in [6, 6.07) is 6.67. The minimum absolute atomic E-state index is 0.122. The maximum Gasteiger partial charge on any atom is 0.244 e. The van der Waals surface area contributed by atoms with Gasteiger partial charge in [0, 0.05) is 31.6 Å². The van der Waals surface area contributed by atoms with Crippen LogP contribution < -0.4 is 5.32 Å². The molecule has 0 aliphatic heterocycles. The van der Waals surface area contributed by atoms with Crippen LogP contribution in [-0.4, -0.2) is 27.1 Å². The van der Waals surface area contributed by atoms with E-state index in [4.69, 9.17) is 5.11 Å². The number of aromatic hydroxyl groups is 1. The summed E-state index contributed by atoms with van der Waals surface area (Å²) in [7, 11) is 0. The molecule has 0 unspecified atom stereocenters. The van der Waals surface area contributed by atoms with Crippen LogP contribution in [0.1, 0.15) is 12.0 Å². The Bertz CT molecular complexity index is 559. The number of aryl methyl sites for hydroxylation is 1. The van der Waals surface area contributed by atoms with Gasteiger partial charge in [0.25, 0.3) is 0 Å². The first-order valence-electron chi connectivity index (χ1n) is 6.45. The first-order chi connectivity index (χ1) is 9.74. The number of amides is 1. The summed E-state index contributed by atoms with van der Waals surface area (Å²) in [5, 5.41) is 12.0. The SMILES string of the molecule is O=C(/C=C/c1ccc(O)cc1)NCCCn1ccnc1. The van der Waals surface area contributed by atoms with Crippen LogP contribution in [-0.2, 0) is 11.3 Å². The van der Waals surface area contributed by atoms with Gasteiger partial charge in [-0.2, -0.15) is 0 Å². The molecule has 0 bridgehead atoms. The standard InChI is InChI=1S/C15H17N3O2/c19-14-5-2-13(3-6-14)4-7-15(20)17-8-1-10-18-11-9-16-12-18/h2-7,9,11-12,19H,1,8,10H2,(H,17,20)/b7-4+. The van der Waals surface area contributed by atoms with Crippen molar-refractivity contribution in [1.29, 1.82) is 0 Å². The molecule has 20 heavy (non-hydrogen) atoms. The van der Waals surface area contributed by atoms with Gasteiger partial charge in [-0.15, -0.1) is 0 Å². The second kappa shape index (κ2) is 7.13. The zero-order chi connectivity index (χ0) is 14.2. The monoisotopic (exact) mass is 271 g/mol. The number of hydrogen-bond acceptors (Lipinski definition) is 3. The molecule has 0 aliphatic carbocycles. The maximum atomic E-state index is 11.6. The number of rotatable bonds is 6. The molecular weight excluding hydrogens is 254 g/mol. The minimum Gasteiger partial charge on any atom is -0.508 e. The van der Waals surface area contributed by atoms with Gasteiger partial charge in [-0.25, -0.2) is 4.98 Å². The molecule has 1 heterocycles. The summed E-state index contributed by atoms with van der Waals surface area (Å²) in [4.78, 5) is 15.5. The Hall–Kier alpha value is -2.56. The Labute approximate surface area is 117 Å². The van der Waals surface area contributed by atoms with Crippen LogP contribution in [0.3, 0.4) is 0 Å². The van der Waals surface area contributed by atoms with Crippen molar-refractivity contribution in [3.63, 3.8) is 0 Å². The van der Waals surface area contributed by atoms with Crippen LogP contribution in [0, 0.1) is 0 Å². The lowest BCUT2D eigenvalue weighted by molar-refractivity contribution is -0.116. The number of aromatic nitrogens is 2. The van der Waals surface area contributed by atoms with E-state index in [1.54, 1.807) is 42.9 Å². The van der Waals surface area contributed by atoms with Crippen molar-refractivity contribution >= 4 is 12.0 Å². The number of hydrogen-bond donors (Lipinski definition) is 2. The van der Waals surface area contributed by atoms with Gasteiger partial charge in [0.2, 0.25) is 5.91 Å². The molecule has 0 atom stereocenters. The Morgan fingerprint density at radius 2 is 2.15 bits per heavy atom. The number of phenols is 1. The summed E-state index contributed by atoms with van der Waals surface area (Å²) in [5.74, 6) is 0.0924. The van der Waals surface area contributed by atoms with E-state index in [-0.39, 0.29) is 11.7 Å². The Balaban J connectivity index is 1.68. The highest BCUT2D eigenvalue weighted by atomic mass is 16.3. The molecule has 2 rings (SSSR count). The zero-order valence-electron chi connectivity index (χ0n) is 11.1. The van der Waals surface area contributed by atoms with Crippen molar-refractivity contribution in [1.82, 2.24) is 14.9 Å². The highest BCUT2D eigenvalue weighted by Gasteiger charge is 1.96. The van der Waals surface area contributed by atoms with Crippen LogP contribution >= 0.6 is 0 Å². The van der Waals surface area contributed by atoms with Gasteiger partial charge in [-0.1, -0.05) is 12.1 Å². The fraction of sp³-hybridized carbons (Fsp3) is 0.200. The second-order valence-electron chi connectivity index (χ2n) is 4.37. The molecular formula is C15H17N3O2. The quantitative estimate of drug-likeness (QED) is 0.622. The van der Waals surface area contributed by atoms with Gasteiger partial charge in [-0.3, -0.25) is 4.79 Å². The summed E-state index contributed by atoms with van der Waals surface area (Å²) >= 11 is 0. The first-order valence-corrected chi connectivity index (χ1v) is 6.45. The molecule has 1 amide bonds. The lowest BCUT2D eigenvalue weighted by atomic mass is 10.2. The van der Waals surface area contributed by atoms with Gasteiger partial charge in [0.1, 0.15) is 5.75 Å². The molecule has 1 aromatic carbocycles. The second-order valence-corrected chi connectivity index (χ2v) is 4.37. The third-order valence-electron chi connectivity index (χ3n) is 2.77. The van der Waals surface area contributed by atoms with Gasteiger partial charge in [-0.05, 0) is 30.2 Å². The van der Waals surface area contributed by atoms with Crippen LogP contribution in [0.15, 0.2) is 49.1 Å². The predicted molar refractivity (Wildman–Crippen MR) is 77.0 cm³/mol. The molecule has 1 aromatic heterocycles. The Morgan fingerprint density at radius 1 is 1.35 bits per heavy atom. The fourth-order valence-corrected chi connectivity index (χ4v) is 1.71. The number of imidazole rings is 1. The van der Waals surface area contributed by atoms with Crippen LogP contribution in [0.4, 0.5) is 0 Å². The average molecular weight is 271 g/mol. The van der Waals surface area contributed by atoms with Crippen LogP contribution in [0.25, 0.3) is 6.08 Å². The van der Waals surface area contributed by atoms with E-state index in [2.05, 4.69) is 10.3 Å². The van der Waals surface area contributed by atoms with E-state index < -0.39 is 0 Å². The lowest BCUT2D eigenvalue weighted by Crippen LogP contribution is -2.22. The van der Waals surface area contributed by atoms with Gasteiger partial charge in [0.15, 0.2) is 0 Å². The molecule has 5 heteroatoms. The molecule has 0 radical (unpaired) electrons. The number of phenolic OH excluding ortho intramolecular Hbond substituents is 1. The molecule has 0 aliphatic rings. The largest absolute Gasteiger partial charge is 0.508 e. The number of benzene rings is 1. The third kappa shape index (κ3) is 4.61. The van der Waals surface area contributed by atoms with E-state index in [1.165, 1.54) is 6.08 Å². The average Bonchev–Trinajstić information content (AvgIpc) is 2.96. The van der Waals surface area contributed by atoms with Crippen molar-refractivity contribution in [3.05, 3.63) is 54.6 Å². The molecule has 2 aromatic rings. The number of carbonyl (C=O) groups is 1. The molecule has 104 valence electrons. The fourth-order valence-electron chi connectivity index (χ4n) is 1.71. The van der Waals surface area contributed by atoms with Crippen molar-refractivity contribution in [2.24, 2.45) is 0 Å². The predicted octanol–water partition coefficient (Wildman–Crippen LogP) is 1.81. The minimum atomic E-state index is -0.122. The summed E-state index contributed by atoms with van der Waals surface area (Å²) in [6.45, 7) is 1.46. The molecule has 0 fully saturated rings. The highest BCUT2D eigenvalue weighted by Crippen LogP contribution is 2.10. The smallest absolute Gasteiger partial charge is 0.244 e. The molecule has 2 N–H and O–H groups in total.